The minimum atomic E-state index is -1.17. The van der Waals surface area contributed by atoms with E-state index in [2.05, 4.69) is 28.6 Å². The van der Waals surface area contributed by atoms with Gasteiger partial charge < -0.3 is 31.9 Å². The standard InChI is InChI=1S/C20H30N4O6S2/c1-11(21)17(26)23-15(9-12-3-5-13(25)6-4-12)18(27)24-16(10-31)19(28)22-14(20(29)30)7-8-32-2/h3-6,11,14-16,25,31H,7-10,21H2,1-2H3,(H,22,28)(H,23,26)(H,24,27)(H,29,30). The molecule has 0 fully saturated rings. The van der Waals surface area contributed by atoms with Gasteiger partial charge in [-0.2, -0.15) is 24.4 Å². The number of rotatable bonds is 13. The molecule has 12 heteroatoms. The van der Waals surface area contributed by atoms with Crippen LogP contribution < -0.4 is 21.7 Å². The Kier molecular flexibility index (Phi) is 12.0. The highest BCUT2D eigenvalue weighted by Gasteiger charge is 2.29. The summed E-state index contributed by atoms with van der Waals surface area (Å²) in [6.45, 7) is 1.47. The number of benzene rings is 1. The van der Waals surface area contributed by atoms with Gasteiger partial charge in [0.15, 0.2) is 0 Å². The summed E-state index contributed by atoms with van der Waals surface area (Å²) in [4.78, 5) is 48.9. The molecule has 0 aliphatic heterocycles. The number of carboxylic acid groups (broad SMARTS) is 1. The highest BCUT2D eigenvalue weighted by atomic mass is 32.2. The van der Waals surface area contributed by atoms with Gasteiger partial charge in [-0.3, -0.25) is 14.4 Å². The third-order valence-corrected chi connectivity index (χ3v) is 5.47. The van der Waals surface area contributed by atoms with Gasteiger partial charge in [0.25, 0.3) is 0 Å². The van der Waals surface area contributed by atoms with Crippen LogP contribution in [-0.2, 0) is 25.6 Å². The predicted octanol–water partition coefficient (Wildman–Crippen LogP) is -0.496. The van der Waals surface area contributed by atoms with Crippen LogP contribution in [-0.4, -0.2) is 75.8 Å². The van der Waals surface area contributed by atoms with Crippen molar-refractivity contribution in [2.45, 2.75) is 43.9 Å². The first kappa shape index (κ1) is 27.6. The first-order valence-corrected chi connectivity index (χ1v) is 11.9. The number of hydrogen-bond donors (Lipinski definition) is 7. The van der Waals surface area contributed by atoms with E-state index >= 15 is 0 Å². The van der Waals surface area contributed by atoms with Crippen LogP contribution in [0.15, 0.2) is 24.3 Å². The maximum Gasteiger partial charge on any atom is 0.326 e. The Morgan fingerprint density at radius 1 is 1.00 bits per heavy atom. The molecule has 1 aromatic rings. The van der Waals surface area contributed by atoms with Crippen LogP contribution in [0.5, 0.6) is 5.75 Å². The number of hydrogen-bond acceptors (Lipinski definition) is 8. The van der Waals surface area contributed by atoms with Gasteiger partial charge >= 0.3 is 5.97 Å². The van der Waals surface area contributed by atoms with E-state index in [1.807, 2.05) is 6.26 Å². The van der Waals surface area contributed by atoms with Crippen molar-refractivity contribution in [1.82, 2.24) is 16.0 Å². The molecule has 0 saturated heterocycles. The lowest BCUT2D eigenvalue weighted by molar-refractivity contribution is -0.142. The second-order valence-electron chi connectivity index (χ2n) is 7.15. The molecule has 7 N–H and O–H groups in total. The molecule has 178 valence electrons. The summed E-state index contributed by atoms with van der Waals surface area (Å²) in [5.41, 5.74) is 6.24. The summed E-state index contributed by atoms with van der Waals surface area (Å²) in [7, 11) is 0. The Bertz CT molecular complexity index is 791. The molecular weight excluding hydrogens is 456 g/mol. The molecule has 3 amide bonds. The van der Waals surface area contributed by atoms with Gasteiger partial charge in [-0.1, -0.05) is 12.1 Å². The molecule has 32 heavy (non-hydrogen) atoms. The van der Waals surface area contributed by atoms with E-state index in [1.54, 1.807) is 12.1 Å². The molecule has 10 nitrogen and oxygen atoms in total. The van der Waals surface area contributed by atoms with E-state index in [0.717, 1.165) is 0 Å². The highest BCUT2D eigenvalue weighted by Crippen LogP contribution is 2.12. The van der Waals surface area contributed by atoms with E-state index in [0.29, 0.717) is 11.3 Å². The molecule has 0 aromatic heterocycles. The first-order valence-electron chi connectivity index (χ1n) is 9.86. The summed E-state index contributed by atoms with van der Waals surface area (Å²) in [5.74, 6) is -2.58. The number of amides is 3. The minimum absolute atomic E-state index is 0.0515. The van der Waals surface area contributed by atoms with Gasteiger partial charge in [-0.15, -0.1) is 0 Å². The molecule has 0 heterocycles. The van der Waals surface area contributed by atoms with Crippen LogP contribution in [0.1, 0.15) is 18.9 Å². The number of thioether (sulfide) groups is 1. The number of aliphatic carboxylic acids is 1. The summed E-state index contributed by atoms with van der Waals surface area (Å²) >= 11 is 5.54. The van der Waals surface area contributed by atoms with Gasteiger partial charge in [-0.05, 0) is 43.0 Å². The molecular formula is C20H30N4O6S2. The smallest absolute Gasteiger partial charge is 0.326 e. The van der Waals surface area contributed by atoms with Crippen molar-refractivity contribution in [2.24, 2.45) is 5.73 Å². The Morgan fingerprint density at radius 3 is 2.03 bits per heavy atom. The second-order valence-corrected chi connectivity index (χ2v) is 8.50. The van der Waals surface area contributed by atoms with E-state index in [-0.39, 0.29) is 24.3 Å². The van der Waals surface area contributed by atoms with Crippen molar-refractivity contribution in [3.8, 4) is 5.75 Å². The topological polar surface area (TPSA) is 171 Å². The van der Waals surface area contributed by atoms with Crippen LogP contribution in [0.3, 0.4) is 0 Å². The summed E-state index contributed by atoms with van der Waals surface area (Å²) < 4.78 is 0. The van der Waals surface area contributed by atoms with E-state index in [4.69, 9.17) is 5.73 Å². The highest BCUT2D eigenvalue weighted by molar-refractivity contribution is 7.98. The zero-order valence-corrected chi connectivity index (χ0v) is 19.6. The van der Waals surface area contributed by atoms with Crippen molar-refractivity contribution < 1.29 is 29.4 Å². The number of carboxylic acids is 1. The lowest BCUT2D eigenvalue weighted by Gasteiger charge is -2.24. The number of nitrogens with two attached hydrogens (primary N) is 1. The minimum Gasteiger partial charge on any atom is -0.508 e. The fourth-order valence-corrected chi connectivity index (χ4v) is 3.34. The van der Waals surface area contributed by atoms with Gasteiger partial charge in [0, 0.05) is 12.2 Å². The molecule has 4 atom stereocenters. The van der Waals surface area contributed by atoms with Crippen molar-refractivity contribution in [3.63, 3.8) is 0 Å². The molecule has 0 aliphatic carbocycles. The zero-order chi connectivity index (χ0) is 24.3. The molecule has 0 aliphatic rings. The number of phenolic OH excluding ortho intramolecular Hbond substituents is 1. The zero-order valence-electron chi connectivity index (χ0n) is 17.9. The van der Waals surface area contributed by atoms with Crippen molar-refractivity contribution in [1.29, 1.82) is 0 Å². The SMILES string of the molecule is CSCCC(NC(=O)C(CS)NC(=O)C(Cc1ccc(O)cc1)NC(=O)C(C)N)C(=O)O. The Morgan fingerprint density at radius 2 is 1.53 bits per heavy atom. The maximum atomic E-state index is 12.9. The number of carbonyl (C=O) groups excluding carboxylic acids is 3. The molecule has 0 radical (unpaired) electrons. The number of carbonyl (C=O) groups is 4. The summed E-state index contributed by atoms with van der Waals surface area (Å²) in [5, 5.41) is 26.2. The molecule has 0 spiro atoms. The third kappa shape index (κ3) is 9.37. The average Bonchev–Trinajstić information content (AvgIpc) is 2.75. The van der Waals surface area contributed by atoms with E-state index in [9.17, 15) is 29.4 Å². The summed E-state index contributed by atoms with van der Waals surface area (Å²) in [6, 6.07) is 1.96. The Labute approximate surface area is 196 Å². The fraction of sp³-hybridized carbons (Fsp3) is 0.500. The normalized spacial score (nSPS) is 14.5. The third-order valence-electron chi connectivity index (χ3n) is 4.46. The maximum absolute atomic E-state index is 12.9. The van der Waals surface area contributed by atoms with Crippen molar-refractivity contribution >= 4 is 48.1 Å². The lowest BCUT2D eigenvalue weighted by atomic mass is 10.0. The molecule has 1 rings (SSSR count). The number of phenols is 1. The second kappa shape index (κ2) is 13.9. The Hall–Kier alpha value is -2.44. The number of thiol groups is 1. The van der Waals surface area contributed by atoms with Crippen LogP contribution in [0.2, 0.25) is 0 Å². The monoisotopic (exact) mass is 486 g/mol. The van der Waals surface area contributed by atoms with Gasteiger partial charge in [0.05, 0.1) is 6.04 Å². The molecule has 0 saturated carbocycles. The predicted molar refractivity (Wildman–Crippen MR) is 126 cm³/mol. The van der Waals surface area contributed by atoms with Gasteiger partial charge in [-0.25, -0.2) is 4.79 Å². The van der Waals surface area contributed by atoms with Gasteiger partial charge in [0.2, 0.25) is 17.7 Å². The quantitative estimate of drug-likeness (QED) is 0.183. The van der Waals surface area contributed by atoms with Crippen molar-refractivity contribution in [3.05, 3.63) is 29.8 Å². The molecule has 1 aromatic carbocycles. The van der Waals surface area contributed by atoms with Crippen LogP contribution in [0, 0.1) is 0 Å². The summed E-state index contributed by atoms with van der Waals surface area (Å²) in [6.07, 6.45) is 2.13. The average molecular weight is 487 g/mol. The van der Waals surface area contributed by atoms with Crippen LogP contribution >= 0.6 is 24.4 Å². The van der Waals surface area contributed by atoms with Gasteiger partial charge in [0.1, 0.15) is 23.9 Å². The van der Waals surface area contributed by atoms with Crippen molar-refractivity contribution in [2.75, 3.05) is 17.8 Å². The van der Waals surface area contributed by atoms with Crippen LogP contribution in [0.4, 0.5) is 0 Å². The lowest BCUT2D eigenvalue weighted by Crippen LogP contribution is -2.58. The number of nitrogens with one attached hydrogen (secondary N) is 3. The first-order chi connectivity index (χ1) is 15.1. The largest absolute Gasteiger partial charge is 0.508 e. The molecule has 0 bridgehead atoms. The van der Waals surface area contributed by atoms with E-state index in [1.165, 1.54) is 30.8 Å². The number of aromatic hydroxyl groups is 1. The Balaban J connectivity index is 2.93. The van der Waals surface area contributed by atoms with E-state index < -0.39 is 47.9 Å². The van der Waals surface area contributed by atoms with Crippen LogP contribution in [0.25, 0.3) is 0 Å². The molecule has 4 unspecified atom stereocenters. The fourth-order valence-electron chi connectivity index (χ4n) is 2.61.